The fraction of sp³-hybridized carbons (Fsp3) is 0.667. The van der Waals surface area contributed by atoms with Gasteiger partial charge in [0, 0.05) is 6.21 Å². The van der Waals surface area contributed by atoms with Crippen LogP contribution >= 0.6 is 0 Å². The highest BCUT2D eigenvalue weighted by Gasteiger charge is 1.83. The molecule has 0 radical (unpaired) electrons. The second-order valence-corrected chi connectivity index (χ2v) is 0.981. The normalized spacial score (nSPS) is 13.7. The van der Waals surface area contributed by atoms with E-state index < -0.39 is 0 Å². The lowest BCUT2D eigenvalue weighted by Crippen LogP contribution is -2.35. The molecule has 0 heterocycles. The second-order valence-electron chi connectivity index (χ2n) is 0.981. The van der Waals surface area contributed by atoms with Crippen molar-refractivity contribution in [2.75, 3.05) is 7.05 Å². The summed E-state index contributed by atoms with van der Waals surface area (Å²) in [7, 11) is 1.70. The Morgan fingerprint density at radius 2 is 2.50 bits per heavy atom. The largest absolute Gasteiger partial charge is 0.311 e. The Balaban J connectivity index is 2.96. The fourth-order valence-electron chi connectivity index (χ4n) is 0.0833. The summed E-state index contributed by atoms with van der Waals surface area (Å²) in [4.78, 5) is 0. The summed E-state index contributed by atoms with van der Waals surface area (Å²) in [6, 6.07) is 0. The summed E-state index contributed by atoms with van der Waals surface area (Å²) >= 11 is 0. The highest BCUT2D eigenvalue weighted by molar-refractivity contribution is 5.59. The van der Waals surface area contributed by atoms with Gasteiger partial charge in [-0.15, -0.1) is 0 Å². The molecule has 0 amide bonds. The van der Waals surface area contributed by atoms with E-state index in [1.165, 1.54) is 0 Å². The number of rotatable bonds is 2. The van der Waals surface area contributed by atoms with Crippen LogP contribution in [0.25, 0.3) is 0 Å². The number of hydrogen-bond acceptors (Lipinski definition) is 3. The van der Waals surface area contributed by atoms with Crippen molar-refractivity contribution in [2.45, 2.75) is 6.17 Å². The first kappa shape index (κ1) is 5.59. The second kappa shape index (κ2) is 2.81. The molecule has 3 nitrogen and oxygen atoms in total. The predicted octanol–water partition coefficient (Wildman–Crippen LogP) is -0.860. The van der Waals surface area contributed by atoms with E-state index in [-0.39, 0.29) is 6.17 Å². The molecule has 0 saturated carbocycles. The Morgan fingerprint density at radius 3 is 2.50 bits per heavy atom. The van der Waals surface area contributed by atoms with Gasteiger partial charge in [-0.25, -0.2) is 0 Å². The molecular weight excluding hydrogens is 78.1 g/mol. The lowest BCUT2D eigenvalue weighted by Gasteiger charge is -1.97. The molecule has 0 aromatic rings. The van der Waals surface area contributed by atoms with E-state index in [9.17, 15) is 0 Å². The van der Waals surface area contributed by atoms with E-state index in [4.69, 9.17) is 11.1 Å². The maximum Gasteiger partial charge on any atom is 0.0904 e. The number of nitrogens with one attached hydrogen (secondary N) is 2. The number of nitrogens with two attached hydrogens (primary N) is 1. The van der Waals surface area contributed by atoms with E-state index in [2.05, 4.69) is 5.32 Å². The van der Waals surface area contributed by atoms with Crippen LogP contribution in [0, 0.1) is 5.41 Å². The zero-order chi connectivity index (χ0) is 4.99. The Labute approximate surface area is 37.0 Å². The van der Waals surface area contributed by atoms with Crippen molar-refractivity contribution in [2.24, 2.45) is 5.73 Å². The van der Waals surface area contributed by atoms with Crippen LogP contribution in [0.5, 0.6) is 0 Å². The molecule has 0 bridgehead atoms. The monoisotopic (exact) mass is 87.1 g/mol. The SMILES string of the molecule is CNC(N)C=N. The van der Waals surface area contributed by atoms with Crippen molar-refractivity contribution >= 4 is 6.21 Å². The molecule has 6 heavy (non-hydrogen) atoms. The first-order chi connectivity index (χ1) is 2.81. The first-order valence-corrected chi connectivity index (χ1v) is 1.74. The topological polar surface area (TPSA) is 61.9 Å². The molecule has 1 atom stereocenters. The zero-order valence-electron chi connectivity index (χ0n) is 3.73. The van der Waals surface area contributed by atoms with Gasteiger partial charge in [0.1, 0.15) is 0 Å². The number of hydrogen-bond donors (Lipinski definition) is 3. The van der Waals surface area contributed by atoms with Gasteiger partial charge >= 0.3 is 0 Å². The zero-order valence-corrected chi connectivity index (χ0v) is 3.73. The third-order valence-corrected chi connectivity index (χ3v) is 0.513. The lowest BCUT2D eigenvalue weighted by molar-refractivity contribution is 0.741. The Kier molecular flexibility index (Phi) is 2.62. The predicted molar refractivity (Wildman–Crippen MR) is 25.8 cm³/mol. The van der Waals surface area contributed by atoms with Crippen molar-refractivity contribution in [3.05, 3.63) is 0 Å². The fourth-order valence-corrected chi connectivity index (χ4v) is 0.0833. The summed E-state index contributed by atoms with van der Waals surface area (Å²) in [6.07, 6.45) is 0.866. The van der Waals surface area contributed by atoms with Crippen LogP contribution in [0.3, 0.4) is 0 Å². The van der Waals surface area contributed by atoms with Crippen LogP contribution < -0.4 is 11.1 Å². The summed E-state index contributed by atoms with van der Waals surface area (Å²) in [5, 5.41) is 9.15. The molecule has 1 unspecified atom stereocenters. The molecule has 0 aliphatic heterocycles. The maximum absolute atomic E-state index is 6.50. The maximum atomic E-state index is 6.50. The van der Waals surface area contributed by atoms with E-state index >= 15 is 0 Å². The average molecular weight is 87.1 g/mol. The highest BCUT2D eigenvalue weighted by Crippen LogP contribution is 1.51. The van der Waals surface area contributed by atoms with E-state index in [1.54, 1.807) is 7.05 Å². The Morgan fingerprint density at radius 1 is 2.00 bits per heavy atom. The van der Waals surface area contributed by atoms with E-state index in [1.807, 2.05) is 0 Å². The lowest BCUT2D eigenvalue weighted by atomic mass is 10.6. The molecule has 0 aliphatic carbocycles. The van der Waals surface area contributed by atoms with Crippen LogP contribution in [0.15, 0.2) is 0 Å². The Bertz CT molecular complexity index is 43.3. The molecule has 0 rings (SSSR count). The third-order valence-electron chi connectivity index (χ3n) is 0.513. The van der Waals surface area contributed by atoms with Crippen LogP contribution in [-0.2, 0) is 0 Å². The smallest absolute Gasteiger partial charge is 0.0904 e. The molecule has 0 fully saturated rings. The van der Waals surface area contributed by atoms with Crippen molar-refractivity contribution < 1.29 is 0 Å². The van der Waals surface area contributed by atoms with Gasteiger partial charge in [-0.05, 0) is 7.05 Å². The molecule has 0 saturated heterocycles. The van der Waals surface area contributed by atoms with Gasteiger partial charge in [-0.1, -0.05) is 0 Å². The van der Waals surface area contributed by atoms with Gasteiger partial charge in [-0.2, -0.15) is 0 Å². The summed E-state index contributed by atoms with van der Waals surface area (Å²) < 4.78 is 0. The van der Waals surface area contributed by atoms with Gasteiger partial charge in [0.05, 0.1) is 6.17 Å². The molecule has 0 aromatic carbocycles. The molecular formula is C3H9N3. The summed E-state index contributed by atoms with van der Waals surface area (Å²) in [5.41, 5.74) is 5.12. The molecule has 36 valence electrons. The molecule has 0 aromatic heterocycles. The molecule has 4 N–H and O–H groups in total. The average Bonchev–Trinajstić information content (AvgIpc) is 1.65. The molecule has 3 heteroatoms. The van der Waals surface area contributed by atoms with Crippen LogP contribution in [0.2, 0.25) is 0 Å². The quantitative estimate of drug-likeness (QED) is 0.303. The van der Waals surface area contributed by atoms with Crippen molar-refractivity contribution in [1.29, 1.82) is 5.41 Å². The van der Waals surface area contributed by atoms with Gasteiger partial charge in [0.15, 0.2) is 0 Å². The van der Waals surface area contributed by atoms with Crippen LogP contribution in [0.1, 0.15) is 0 Å². The minimum absolute atomic E-state index is 0.273. The van der Waals surface area contributed by atoms with Crippen molar-refractivity contribution in [3.63, 3.8) is 0 Å². The molecule has 0 aliphatic rings. The van der Waals surface area contributed by atoms with Gasteiger partial charge < -0.3 is 16.5 Å². The highest BCUT2D eigenvalue weighted by atomic mass is 15.0. The van der Waals surface area contributed by atoms with Gasteiger partial charge in [0.25, 0.3) is 0 Å². The minimum Gasteiger partial charge on any atom is -0.311 e. The minimum atomic E-state index is -0.273. The Hall–Kier alpha value is -0.410. The van der Waals surface area contributed by atoms with E-state index in [0.29, 0.717) is 0 Å². The molecule has 0 spiro atoms. The van der Waals surface area contributed by atoms with E-state index in [0.717, 1.165) is 6.21 Å². The van der Waals surface area contributed by atoms with Crippen LogP contribution in [-0.4, -0.2) is 19.4 Å². The van der Waals surface area contributed by atoms with Gasteiger partial charge in [-0.3, -0.25) is 0 Å². The summed E-state index contributed by atoms with van der Waals surface area (Å²) in [6.45, 7) is 0. The summed E-state index contributed by atoms with van der Waals surface area (Å²) in [5.74, 6) is 0. The first-order valence-electron chi connectivity index (χ1n) is 1.74. The van der Waals surface area contributed by atoms with Crippen LogP contribution in [0.4, 0.5) is 0 Å². The standard InChI is InChI=1S/C3H9N3/c1-6-3(5)2-4/h2-4,6H,5H2,1H3. The van der Waals surface area contributed by atoms with Crippen molar-refractivity contribution in [1.82, 2.24) is 5.32 Å². The third kappa shape index (κ3) is 1.87. The van der Waals surface area contributed by atoms with Gasteiger partial charge in [0.2, 0.25) is 0 Å². The van der Waals surface area contributed by atoms with Crippen molar-refractivity contribution in [3.8, 4) is 0 Å².